The molecule has 1 atom stereocenters. The first-order chi connectivity index (χ1) is 11.7. The average molecular weight is 459 g/mol. The summed E-state index contributed by atoms with van der Waals surface area (Å²) in [5.74, 6) is 2.18. The van der Waals surface area contributed by atoms with Gasteiger partial charge in [0.2, 0.25) is 0 Å². The second kappa shape index (κ2) is 10.2. The average Bonchev–Trinajstić information content (AvgIpc) is 3.04. The Morgan fingerprint density at radius 2 is 2.16 bits per heavy atom. The van der Waals surface area contributed by atoms with Gasteiger partial charge < -0.3 is 20.5 Å². The Bertz CT molecular complexity index is 570. The van der Waals surface area contributed by atoms with Crippen LogP contribution in [0.3, 0.4) is 0 Å². The molecule has 0 aromatic heterocycles. The number of ether oxygens (including phenoxy) is 2. The summed E-state index contributed by atoms with van der Waals surface area (Å²) >= 11 is 0. The van der Waals surface area contributed by atoms with E-state index in [0.29, 0.717) is 19.1 Å². The zero-order valence-corrected chi connectivity index (χ0v) is 17.3. The topological polar surface area (TPSA) is 68.9 Å². The zero-order valence-electron chi connectivity index (χ0n) is 15.0. The van der Waals surface area contributed by atoms with Crippen LogP contribution in [0.15, 0.2) is 23.2 Å². The summed E-state index contributed by atoms with van der Waals surface area (Å²) in [4.78, 5) is 4.47. The van der Waals surface area contributed by atoms with E-state index >= 15 is 0 Å². The molecule has 1 aromatic rings. The molecule has 3 rings (SSSR count). The summed E-state index contributed by atoms with van der Waals surface area (Å²) in [5, 5.41) is 3.23. The van der Waals surface area contributed by atoms with Crippen molar-refractivity contribution in [1.82, 2.24) is 5.32 Å². The maximum Gasteiger partial charge on any atom is 0.188 e. The number of hydrogen-bond acceptors (Lipinski definition) is 3. The van der Waals surface area contributed by atoms with Crippen molar-refractivity contribution < 1.29 is 9.47 Å². The third kappa shape index (κ3) is 6.33. The molecule has 1 unspecified atom stereocenters. The predicted octanol–water partition coefficient (Wildman–Crippen LogP) is 3.38. The van der Waals surface area contributed by atoms with Gasteiger partial charge in [0.1, 0.15) is 12.4 Å². The Hall–Kier alpha value is -1.02. The lowest BCUT2D eigenvalue weighted by Crippen LogP contribution is -2.37. The smallest absolute Gasteiger partial charge is 0.188 e. The molecular weight excluding hydrogens is 429 g/mol. The Balaban J connectivity index is 0.00000225. The molecule has 0 spiro atoms. The monoisotopic (exact) mass is 459 g/mol. The minimum absolute atomic E-state index is 0. The Kier molecular flexibility index (Phi) is 8.29. The van der Waals surface area contributed by atoms with Gasteiger partial charge in [-0.25, -0.2) is 4.99 Å². The number of rotatable bonds is 7. The van der Waals surface area contributed by atoms with Crippen molar-refractivity contribution in [3.05, 3.63) is 29.3 Å². The summed E-state index contributed by atoms with van der Waals surface area (Å²) in [6, 6.07) is 6.22. The number of guanidine groups is 1. The fraction of sp³-hybridized carbons (Fsp3) is 0.632. The van der Waals surface area contributed by atoms with Gasteiger partial charge in [-0.1, -0.05) is 18.6 Å². The van der Waals surface area contributed by atoms with E-state index in [-0.39, 0.29) is 30.1 Å². The van der Waals surface area contributed by atoms with Crippen molar-refractivity contribution in [2.24, 2.45) is 16.6 Å². The second-order valence-electron chi connectivity index (χ2n) is 6.94. The third-order valence-electron chi connectivity index (χ3n) is 4.89. The van der Waals surface area contributed by atoms with Crippen molar-refractivity contribution in [3.63, 3.8) is 0 Å². The first kappa shape index (κ1) is 20.3. The SMILES string of the molecule is Cc1ccc(CN=C(N)NCC2CCC2)c(OCC2CCCO2)c1.I. The van der Waals surface area contributed by atoms with Crippen LogP contribution in [0.2, 0.25) is 0 Å². The summed E-state index contributed by atoms with van der Waals surface area (Å²) in [6.07, 6.45) is 6.38. The van der Waals surface area contributed by atoms with Gasteiger partial charge in [-0.05, 0) is 50.2 Å². The summed E-state index contributed by atoms with van der Waals surface area (Å²) in [7, 11) is 0. The maximum atomic E-state index is 6.00. The molecule has 1 aromatic carbocycles. The molecule has 0 radical (unpaired) electrons. The second-order valence-corrected chi connectivity index (χ2v) is 6.94. The number of hydrogen-bond donors (Lipinski definition) is 2. The van der Waals surface area contributed by atoms with Crippen LogP contribution in [-0.2, 0) is 11.3 Å². The Morgan fingerprint density at radius 1 is 1.32 bits per heavy atom. The molecule has 0 amide bonds. The molecular formula is C19H30IN3O2. The van der Waals surface area contributed by atoms with E-state index in [1.165, 1.54) is 24.8 Å². The molecule has 25 heavy (non-hydrogen) atoms. The predicted molar refractivity (Wildman–Crippen MR) is 112 cm³/mol. The third-order valence-corrected chi connectivity index (χ3v) is 4.89. The molecule has 1 aliphatic heterocycles. The number of benzene rings is 1. The summed E-state index contributed by atoms with van der Waals surface area (Å²) < 4.78 is 11.6. The minimum Gasteiger partial charge on any atom is -0.491 e. The lowest BCUT2D eigenvalue weighted by molar-refractivity contribution is 0.0676. The summed E-state index contributed by atoms with van der Waals surface area (Å²) in [5.41, 5.74) is 8.22. The molecule has 140 valence electrons. The first-order valence-corrected chi connectivity index (χ1v) is 9.08. The lowest BCUT2D eigenvalue weighted by atomic mass is 9.85. The first-order valence-electron chi connectivity index (χ1n) is 9.08. The molecule has 2 aliphatic rings. The highest BCUT2D eigenvalue weighted by atomic mass is 127. The zero-order chi connectivity index (χ0) is 16.8. The van der Waals surface area contributed by atoms with E-state index in [1.54, 1.807) is 0 Å². The fourth-order valence-corrected chi connectivity index (χ4v) is 3.06. The quantitative estimate of drug-likeness (QED) is 0.373. The Morgan fingerprint density at radius 3 is 2.84 bits per heavy atom. The number of aryl methyl sites for hydroxylation is 1. The van der Waals surface area contributed by atoms with Crippen molar-refractivity contribution in [1.29, 1.82) is 0 Å². The van der Waals surface area contributed by atoms with E-state index in [4.69, 9.17) is 15.2 Å². The number of nitrogens with two attached hydrogens (primary N) is 1. The summed E-state index contributed by atoms with van der Waals surface area (Å²) in [6.45, 7) is 4.99. The molecule has 1 aliphatic carbocycles. The molecule has 2 fully saturated rings. The van der Waals surface area contributed by atoms with Gasteiger partial charge in [-0.2, -0.15) is 0 Å². The van der Waals surface area contributed by atoms with E-state index in [0.717, 1.165) is 43.2 Å². The molecule has 1 heterocycles. The Labute approximate surface area is 167 Å². The largest absolute Gasteiger partial charge is 0.491 e. The highest BCUT2D eigenvalue weighted by Crippen LogP contribution is 2.25. The van der Waals surface area contributed by atoms with Crippen LogP contribution in [-0.4, -0.2) is 31.8 Å². The van der Waals surface area contributed by atoms with Gasteiger partial charge in [0.25, 0.3) is 0 Å². The van der Waals surface area contributed by atoms with E-state index < -0.39 is 0 Å². The highest BCUT2D eigenvalue weighted by Gasteiger charge is 2.18. The van der Waals surface area contributed by atoms with Crippen molar-refractivity contribution >= 4 is 29.9 Å². The fourth-order valence-electron chi connectivity index (χ4n) is 3.06. The standard InChI is InChI=1S/C19H29N3O2.HI/c1-14-7-8-16(12-22-19(20)21-11-15-4-2-5-15)18(10-14)24-13-17-6-3-9-23-17;/h7-8,10,15,17H,2-6,9,11-13H2,1H3,(H3,20,21,22);1H. The van der Waals surface area contributed by atoms with Gasteiger partial charge in [-0.15, -0.1) is 24.0 Å². The minimum atomic E-state index is 0. The molecule has 1 saturated heterocycles. The molecule has 3 N–H and O–H groups in total. The van der Waals surface area contributed by atoms with Crippen molar-refractivity contribution in [2.45, 2.75) is 51.7 Å². The highest BCUT2D eigenvalue weighted by molar-refractivity contribution is 14.0. The van der Waals surface area contributed by atoms with E-state index in [9.17, 15) is 0 Å². The molecule has 0 bridgehead atoms. The van der Waals surface area contributed by atoms with E-state index in [2.05, 4.69) is 35.4 Å². The van der Waals surface area contributed by atoms with Crippen molar-refractivity contribution in [3.8, 4) is 5.75 Å². The van der Waals surface area contributed by atoms with Gasteiger partial charge in [-0.3, -0.25) is 0 Å². The van der Waals surface area contributed by atoms with Gasteiger partial charge >= 0.3 is 0 Å². The van der Waals surface area contributed by atoms with E-state index in [1.807, 2.05) is 0 Å². The number of nitrogens with one attached hydrogen (secondary N) is 1. The molecule has 5 nitrogen and oxygen atoms in total. The van der Waals surface area contributed by atoms with Crippen molar-refractivity contribution in [2.75, 3.05) is 19.8 Å². The van der Waals surface area contributed by atoms with Gasteiger partial charge in [0, 0.05) is 18.7 Å². The van der Waals surface area contributed by atoms with Crippen LogP contribution in [0.5, 0.6) is 5.75 Å². The van der Waals surface area contributed by atoms with Crippen LogP contribution in [0.25, 0.3) is 0 Å². The van der Waals surface area contributed by atoms with Gasteiger partial charge in [0.15, 0.2) is 5.96 Å². The number of aliphatic imine (C=N–C) groups is 1. The van der Waals surface area contributed by atoms with Crippen LogP contribution in [0.4, 0.5) is 0 Å². The van der Waals surface area contributed by atoms with Crippen LogP contribution in [0, 0.1) is 12.8 Å². The normalized spacial score (nSPS) is 20.7. The van der Waals surface area contributed by atoms with Gasteiger partial charge in [0.05, 0.1) is 12.6 Å². The molecule has 1 saturated carbocycles. The van der Waals surface area contributed by atoms with Crippen LogP contribution >= 0.6 is 24.0 Å². The maximum absolute atomic E-state index is 6.00. The lowest BCUT2D eigenvalue weighted by Gasteiger charge is -2.25. The number of halogens is 1. The van der Waals surface area contributed by atoms with Crippen LogP contribution < -0.4 is 15.8 Å². The molecule has 6 heteroatoms. The number of nitrogens with zero attached hydrogens (tertiary/aromatic N) is 1. The van der Waals surface area contributed by atoms with Crippen LogP contribution in [0.1, 0.15) is 43.2 Å².